The van der Waals surface area contributed by atoms with E-state index in [1.165, 1.54) is 5.56 Å². The Labute approximate surface area is 107 Å². The van der Waals surface area contributed by atoms with Gasteiger partial charge in [-0.25, -0.2) is 4.98 Å². The maximum absolute atomic E-state index is 8.59. The van der Waals surface area contributed by atoms with Crippen LogP contribution in [0, 0.1) is 11.3 Å². The highest BCUT2D eigenvalue weighted by atomic mass is 15.2. The molecule has 0 aliphatic rings. The molecule has 2 rings (SSSR count). The molecule has 0 unspecified atom stereocenters. The molecule has 0 saturated heterocycles. The molecule has 0 radical (unpaired) electrons. The first kappa shape index (κ1) is 12.3. The molecule has 18 heavy (non-hydrogen) atoms. The van der Waals surface area contributed by atoms with E-state index in [4.69, 9.17) is 5.26 Å². The molecule has 0 amide bonds. The van der Waals surface area contributed by atoms with Crippen LogP contribution in [0.1, 0.15) is 32.2 Å². The Kier molecular flexibility index (Phi) is 3.15. The first-order chi connectivity index (χ1) is 8.50. The van der Waals surface area contributed by atoms with Crippen LogP contribution >= 0.6 is 0 Å². The van der Waals surface area contributed by atoms with Crippen molar-refractivity contribution >= 4 is 0 Å². The second kappa shape index (κ2) is 4.61. The van der Waals surface area contributed by atoms with E-state index in [0.29, 0.717) is 11.6 Å². The van der Waals surface area contributed by atoms with Crippen molar-refractivity contribution in [2.75, 3.05) is 0 Å². The van der Waals surface area contributed by atoms with Crippen LogP contribution in [0.5, 0.6) is 0 Å². The Balaban J connectivity index is 2.26. The number of nitrogens with one attached hydrogen (secondary N) is 1. The molecule has 0 atom stereocenters. The molecule has 2 aromatic rings. The van der Waals surface area contributed by atoms with E-state index in [-0.39, 0.29) is 11.8 Å². The summed E-state index contributed by atoms with van der Waals surface area (Å²) in [6, 6.07) is 10.3. The predicted molar refractivity (Wildman–Crippen MR) is 69.8 cm³/mol. The van der Waals surface area contributed by atoms with Gasteiger partial charge in [-0.15, -0.1) is 0 Å². The standard InChI is InChI=1S/C14H16N4/c1-14(2,3)11-6-4-10(5-7-11)13-16-12(8-9-15)17-18-13/h4-7H,8H2,1-3H3,(H,16,17,18). The Morgan fingerprint density at radius 3 is 2.44 bits per heavy atom. The Bertz CT molecular complexity index is 567. The highest BCUT2D eigenvalue weighted by Gasteiger charge is 2.13. The van der Waals surface area contributed by atoms with Gasteiger partial charge in [-0.3, -0.25) is 5.10 Å². The quantitative estimate of drug-likeness (QED) is 0.877. The van der Waals surface area contributed by atoms with Crippen LogP contribution in [-0.4, -0.2) is 15.2 Å². The molecule has 0 spiro atoms. The number of benzene rings is 1. The van der Waals surface area contributed by atoms with Gasteiger partial charge in [0.1, 0.15) is 5.82 Å². The molecular formula is C14H16N4. The number of hydrogen-bond acceptors (Lipinski definition) is 3. The predicted octanol–water partition coefficient (Wildman–Crippen LogP) is 2.84. The van der Waals surface area contributed by atoms with Crippen molar-refractivity contribution in [2.24, 2.45) is 0 Å². The summed E-state index contributed by atoms with van der Waals surface area (Å²) in [6.07, 6.45) is 0.257. The molecule has 0 fully saturated rings. The van der Waals surface area contributed by atoms with E-state index < -0.39 is 0 Å². The van der Waals surface area contributed by atoms with E-state index in [1.54, 1.807) is 0 Å². The SMILES string of the molecule is CC(C)(C)c1ccc(-c2n[nH]c(CC#N)n2)cc1. The molecule has 4 heteroatoms. The van der Waals surface area contributed by atoms with Crippen LogP contribution in [0.25, 0.3) is 11.4 Å². The van der Waals surface area contributed by atoms with Gasteiger partial charge in [0, 0.05) is 5.56 Å². The lowest BCUT2D eigenvalue weighted by Crippen LogP contribution is -2.10. The van der Waals surface area contributed by atoms with E-state index in [1.807, 2.05) is 18.2 Å². The van der Waals surface area contributed by atoms with E-state index in [9.17, 15) is 0 Å². The fourth-order valence-electron chi connectivity index (χ4n) is 1.70. The van der Waals surface area contributed by atoms with Gasteiger partial charge in [0.05, 0.1) is 12.5 Å². The van der Waals surface area contributed by atoms with E-state index in [0.717, 1.165) is 5.56 Å². The molecule has 4 nitrogen and oxygen atoms in total. The van der Waals surface area contributed by atoms with Crippen molar-refractivity contribution in [3.05, 3.63) is 35.7 Å². The van der Waals surface area contributed by atoms with Gasteiger partial charge in [0.25, 0.3) is 0 Å². The van der Waals surface area contributed by atoms with Crippen LogP contribution in [-0.2, 0) is 11.8 Å². The first-order valence-corrected chi connectivity index (χ1v) is 5.90. The molecule has 92 valence electrons. The molecule has 0 saturated carbocycles. The summed E-state index contributed by atoms with van der Waals surface area (Å²) in [5.41, 5.74) is 2.38. The third-order valence-corrected chi connectivity index (χ3v) is 2.79. The average Bonchev–Trinajstić information content (AvgIpc) is 2.77. The Hall–Kier alpha value is -2.15. The van der Waals surface area contributed by atoms with Crippen molar-refractivity contribution < 1.29 is 0 Å². The lowest BCUT2D eigenvalue weighted by Gasteiger charge is -2.18. The van der Waals surface area contributed by atoms with Crippen molar-refractivity contribution in [2.45, 2.75) is 32.6 Å². The second-order valence-electron chi connectivity index (χ2n) is 5.27. The molecule has 1 heterocycles. The number of H-pyrrole nitrogens is 1. The van der Waals surface area contributed by atoms with Crippen LogP contribution in [0.4, 0.5) is 0 Å². The summed E-state index contributed by atoms with van der Waals surface area (Å²) in [6.45, 7) is 6.54. The molecule has 0 aliphatic carbocycles. The monoisotopic (exact) mass is 240 g/mol. The normalized spacial score (nSPS) is 11.2. The highest BCUT2D eigenvalue weighted by molar-refractivity contribution is 5.55. The van der Waals surface area contributed by atoms with Gasteiger partial charge in [-0.2, -0.15) is 10.4 Å². The van der Waals surface area contributed by atoms with Crippen LogP contribution in [0.3, 0.4) is 0 Å². The van der Waals surface area contributed by atoms with Crippen molar-refractivity contribution in [1.82, 2.24) is 15.2 Å². The molecule has 1 N–H and O–H groups in total. The highest BCUT2D eigenvalue weighted by Crippen LogP contribution is 2.24. The molecule has 0 aliphatic heterocycles. The van der Waals surface area contributed by atoms with E-state index in [2.05, 4.69) is 48.1 Å². The summed E-state index contributed by atoms with van der Waals surface area (Å²) >= 11 is 0. The number of nitriles is 1. The lowest BCUT2D eigenvalue weighted by molar-refractivity contribution is 0.590. The number of rotatable bonds is 2. The van der Waals surface area contributed by atoms with Gasteiger partial charge in [-0.1, -0.05) is 45.0 Å². The maximum Gasteiger partial charge on any atom is 0.181 e. The zero-order chi connectivity index (χ0) is 13.2. The second-order valence-corrected chi connectivity index (χ2v) is 5.27. The number of aromatic amines is 1. The summed E-state index contributed by atoms with van der Waals surface area (Å²) in [4.78, 5) is 4.27. The number of aromatic nitrogens is 3. The third-order valence-electron chi connectivity index (χ3n) is 2.79. The fraction of sp³-hybridized carbons (Fsp3) is 0.357. The lowest BCUT2D eigenvalue weighted by atomic mass is 9.87. The zero-order valence-electron chi connectivity index (χ0n) is 10.9. The number of nitrogens with zero attached hydrogens (tertiary/aromatic N) is 3. The van der Waals surface area contributed by atoms with Gasteiger partial charge in [0.2, 0.25) is 0 Å². The largest absolute Gasteiger partial charge is 0.262 e. The summed E-state index contributed by atoms with van der Waals surface area (Å²) < 4.78 is 0. The summed E-state index contributed by atoms with van der Waals surface area (Å²) in [7, 11) is 0. The van der Waals surface area contributed by atoms with Gasteiger partial charge < -0.3 is 0 Å². The van der Waals surface area contributed by atoms with Gasteiger partial charge >= 0.3 is 0 Å². The fourth-order valence-corrected chi connectivity index (χ4v) is 1.70. The Morgan fingerprint density at radius 1 is 1.22 bits per heavy atom. The molecule has 1 aromatic carbocycles. The van der Waals surface area contributed by atoms with Crippen LogP contribution in [0.15, 0.2) is 24.3 Å². The Morgan fingerprint density at radius 2 is 1.89 bits per heavy atom. The average molecular weight is 240 g/mol. The minimum atomic E-state index is 0.142. The number of hydrogen-bond donors (Lipinski definition) is 1. The maximum atomic E-state index is 8.59. The topological polar surface area (TPSA) is 65.4 Å². The molecule has 1 aromatic heterocycles. The summed E-state index contributed by atoms with van der Waals surface area (Å²) in [5.74, 6) is 1.24. The van der Waals surface area contributed by atoms with Gasteiger partial charge in [0.15, 0.2) is 5.82 Å². The van der Waals surface area contributed by atoms with Crippen molar-refractivity contribution in [3.63, 3.8) is 0 Å². The van der Waals surface area contributed by atoms with Crippen LogP contribution in [0.2, 0.25) is 0 Å². The first-order valence-electron chi connectivity index (χ1n) is 5.90. The summed E-state index contributed by atoms with van der Waals surface area (Å²) in [5, 5.41) is 15.5. The minimum absolute atomic E-state index is 0.142. The smallest absolute Gasteiger partial charge is 0.181 e. The van der Waals surface area contributed by atoms with Gasteiger partial charge in [-0.05, 0) is 11.0 Å². The minimum Gasteiger partial charge on any atom is -0.262 e. The van der Waals surface area contributed by atoms with Crippen LogP contribution < -0.4 is 0 Å². The molecular weight excluding hydrogens is 224 g/mol. The van der Waals surface area contributed by atoms with Crippen molar-refractivity contribution in [1.29, 1.82) is 5.26 Å². The zero-order valence-corrected chi connectivity index (χ0v) is 10.9. The van der Waals surface area contributed by atoms with Crippen molar-refractivity contribution in [3.8, 4) is 17.5 Å². The van der Waals surface area contributed by atoms with E-state index >= 15 is 0 Å². The third kappa shape index (κ3) is 2.57. The molecule has 0 bridgehead atoms.